The first-order valence-electron chi connectivity index (χ1n) is 12.9. The summed E-state index contributed by atoms with van der Waals surface area (Å²) in [6, 6.07) is 9.99. The number of hydrogen-bond acceptors (Lipinski definition) is 4. The number of benzene rings is 1. The van der Waals surface area contributed by atoms with Crippen LogP contribution >= 0.6 is 0 Å². The van der Waals surface area contributed by atoms with E-state index in [-0.39, 0.29) is 34.8 Å². The van der Waals surface area contributed by atoms with Gasteiger partial charge in [-0.05, 0) is 79.1 Å². The maximum Gasteiger partial charge on any atom is 0.309 e. The Hall–Kier alpha value is -2.10. The van der Waals surface area contributed by atoms with E-state index in [9.17, 15) is 9.59 Å². The van der Waals surface area contributed by atoms with Gasteiger partial charge >= 0.3 is 11.9 Å². The van der Waals surface area contributed by atoms with Gasteiger partial charge in [0.1, 0.15) is 12.7 Å². The quantitative estimate of drug-likeness (QED) is 0.402. The molecule has 0 heterocycles. The van der Waals surface area contributed by atoms with E-state index in [1.165, 1.54) is 18.9 Å². The van der Waals surface area contributed by atoms with Crippen LogP contribution in [0.5, 0.6) is 0 Å². The Balaban J connectivity index is 1.29. The van der Waals surface area contributed by atoms with Crippen LogP contribution < -0.4 is 0 Å². The van der Waals surface area contributed by atoms with Gasteiger partial charge in [0, 0.05) is 13.3 Å². The zero-order valence-electron chi connectivity index (χ0n) is 20.3. The van der Waals surface area contributed by atoms with E-state index < -0.39 is 0 Å². The average Bonchev–Trinajstić information content (AvgIpc) is 3.15. The van der Waals surface area contributed by atoms with E-state index in [1.807, 2.05) is 30.3 Å². The van der Waals surface area contributed by atoms with Gasteiger partial charge in [-0.25, -0.2) is 0 Å². The summed E-state index contributed by atoms with van der Waals surface area (Å²) in [5.74, 6) is 1.77. The van der Waals surface area contributed by atoms with Crippen molar-refractivity contribution in [1.82, 2.24) is 0 Å². The van der Waals surface area contributed by atoms with Gasteiger partial charge in [-0.1, -0.05) is 55.8 Å². The highest BCUT2D eigenvalue weighted by Crippen LogP contribution is 2.66. The summed E-state index contributed by atoms with van der Waals surface area (Å²) >= 11 is 0. The lowest BCUT2D eigenvalue weighted by Crippen LogP contribution is -2.51. The fourth-order valence-corrected chi connectivity index (χ4v) is 8.18. The van der Waals surface area contributed by atoms with E-state index in [1.54, 1.807) is 0 Å². The summed E-state index contributed by atoms with van der Waals surface area (Å²) in [4.78, 5) is 24.7. The minimum absolute atomic E-state index is 0.00226. The molecule has 178 valence electrons. The van der Waals surface area contributed by atoms with Gasteiger partial charge in [0.2, 0.25) is 0 Å². The minimum Gasteiger partial charge on any atom is -0.462 e. The maximum absolute atomic E-state index is 13.2. The molecule has 4 heteroatoms. The van der Waals surface area contributed by atoms with Gasteiger partial charge in [-0.3, -0.25) is 9.59 Å². The number of carbonyl (C=O) groups is 2. The number of hydrogen-bond donors (Lipinski definition) is 0. The first kappa shape index (κ1) is 22.7. The van der Waals surface area contributed by atoms with Crippen LogP contribution in [0.15, 0.2) is 42.0 Å². The summed E-state index contributed by atoms with van der Waals surface area (Å²) in [7, 11) is 0. The molecular formula is C29H38O4. The molecular weight excluding hydrogens is 412 g/mol. The summed E-state index contributed by atoms with van der Waals surface area (Å²) in [5.41, 5.74) is 2.83. The highest BCUT2D eigenvalue weighted by atomic mass is 16.5. The topological polar surface area (TPSA) is 52.6 Å². The summed E-state index contributed by atoms with van der Waals surface area (Å²) in [6.45, 7) is 6.72. The Kier molecular flexibility index (Phi) is 5.91. The highest BCUT2D eigenvalue weighted by Gasteiger charge is 2.60. The van der Waals surface area contributed by atoms with Crippen molar-refractivity contribution in [2.75, 3.05) is 0 Å². The van der Waals surface area contributed by atoms with Crippen LogP contribution in [0, 0.1) is 34.5 Å². The molecule has 4 nitrogen and oxygen atoms in total. The lowest BCUT2D eigenvalue weighted by molar-refractivity contribution is -0.157. The Labute approximate surface area is 198 Å². The largest absolute Gasteiger partial charge is 0.462 e. The molecule has 3 fully saturated rings. The first-order chi connectivity index (χ1) is 15.8. The predicted octanol–water partition coefficient (Wildman–Crippen LogP) is 6.24. The third-order valence-corrected chi connectivity index (χ3v) is 9.90. The van der Waals surface area contributed by atoms with Gasteiger partial charge in [0.15, 0.2) is 0 Å². The van der Waals surface area contributed by atoms with Crippen LogP contribution in [0.2, 0.25) is 0 Å². The van der Waals surface area contributed by atoms with Gasteiger partial charge in [-0.2, -0.15) is 0 Å². The fraction of sp³-hybridized carbons (Fsp3) is 0.655. The zero-order valence-corrected chi connectivity index (χ0v) is 20.3. The minimum atomic E-state index is -0.164. The van der Waals surface area contributed by atoms with Crippen LogP contribution in [0.25, 0.3) is 0 Å². The molecule has 0 N–H and O–H groups in total. The highest BCUT2D eigenvalue weighted by molar-refractivity contribution is 5.74. The normalized spacial score (nSPS) is 39.5. The SMILES string of the molecule is CC(=O)O[C@@H]1CC[C@@]2(C)C(=CCC3[C@@H]4CC[C@H](C(=O)OCc5ccccc5)[C@@]4(C)CC[C@@H]32)C1. The number of rotatable bonds is 4. The number of fused-ring (bicyclic) bond motifs is 5. The molecule has 0 aromatic heterocycles. The van der Waals surface area contributed by atoms with Crippen molar-refractivity contribution in [3.63, 3.8) is 0 Å². The maximum atomic E-state index is 13.2. The number of ether oxygens (including phenoxy) is 2. The zero-order chi connectivity index (χ0) is 23.2. The summed E-state index contributed by atoms with van der Waals surface area (Å²) < 4.78 is 11.4. The fourth-order valence-electron chi connectivity index (χ4n) is 8.18. The standard InChI is InChI=1S/C29H38O4/c1-19(30)33-22-13-15-28(2)21(17-22)9-10-23-24-11-12-26(29(24,3)16-14-25(23)28)27(31)32-18-20-7-5-4-6-8-20/h4-9,22-26H,10-18H2,1-3H3/t22-,23?,24+,25+,26-,28+,29+/m1/s1. The molecule has 5 rings (SSSR count). The molecule has 0 aliphatic heterocycles. The van der Waals surface area contributed by atoms with Crippen LogP contribution in [-0.4, -0.2) is 18.0 Å². The van der Waals surface area contributed by atoms with Crippen LogP contribution in [0.3, 0.4) is 0 Å². The third kappa shape index (κ3) is 3.94. The van der Waals surface area contributed by atoms with Crippen molar-refractivity contribution < 1.29 is 19.1 Å². The number of esters is 2. The second-order valence-corrected chi connectivity index (χ2v) is 11.5. The molecule has 1 unspecified atom stereocenters. The van der Waals surface area contributed by atoms with Gasteiger partial charge in [-0.15, -0.1) is 0 Å². The number of carbonyl (C=O) groups excluding carboxylic acids is 2. The van der Waals surface area contributed by atoms with E-state index >= 15 is 0 Å². The van der Waals surface area contributed by atoms with Crippen LogP contribution in [0.1, 0.15) is 77.7 Å². The summed E-state index contributed by atoms with van der Waals surface area (Å²) in [6.07, 6.45) is 11.0. The Morgan fingerprint density at radius 3 is 2.55 bits per heavy atom. The molecule has 0 amide bonds. The van der Waals surface area contributed by atoms with Gasteiger partial charge in [0.05, 0.1) is 5.92 Å². The Morgan fingerprint density at radius 1 is 1.00 bits per heavy atom. The lowest BCUT2D eigenvalue weighted by atomic mass is 9.47. The van der Waals surface area contributed by atoms with E-state index in [4.69, 9.17) is 9.47 Å². The first-order valence-corrected chi connectivity index (χ1v) is 12.9. The van der Waals surface area contributed by atoms with Crippen molar-refractivity contribution in [2.45, 2.75) is 84.8 Å². The van der Waals surface area contributed by atoms with Crippen LogP contribution in [0.4, 0.5) is 0 Å². The molecule has 4 aliphatic carbocycles. The van der Waals surface area contributed by atoms with Crippen molar-refractivity contribution in [3.8, 4) is 0 Å². The second-order valence-electron chi connectivity index (χ2n) is 11.5. The number of allylic oxidation sites excluding steroid dienone is 1. The van der Waals surface area contributed by atoms with Crippen molar-refractivity contribution in [3.05, 3.63) is 47.5 Å². The smallest absolute Gasteiger partial charge is 0.309 e. The van der Waals surface area contributed by atoms with Gasteiger partial charge in [0.25, 0.3) is 0 Å². The van der Waals surface area contributed by atoms with Crippen molar-refractivity contribution in [1.29, 1.82) is 0 Å². The molecule has 0 bridgehead atoms. The monoisotopic (exact) mass is 450 g/mol. The van der Waals surface area contributed by atoms with E-state index in [2.05, 4.69) is 19.9 Å². The molecule has 3 saturated carbocycles. The predicted molar refractivity (Wildman–Crippen MR) is 127 cm³/mol. The Bertz CT molecular complexity index is 936. The average molecular weight is 451 g/mol. The van der Waals surface area contributed by atoms with E-state index in [0.29, 0.717) is 24.4 Å². The molecule has 4 aliphatic rings. The molecule has 1 aromatic rings. The van der Waals surface area contributed by atoms with E-state index in [0.717, 1.165) is 50.5 Å². The van der Waals surface area contributed by atoms with Crippen molar-refractivity contribution >= 4 is 11.9 Å². The molecule has 7 atom stereocenters. The molecule has 0 saturated heterocycles. The second kappa shape index (κ2) is 8.60. The third-order valence-electron chi connectivity index (χ3n) is 9.90. The Morgan fingerprint density at radius 2 is 1.79 bits per heavy atom. The lowest BCUT2D eigenvalue weighted by Gasteiger charge is -2.57. The molecule has 0 radical (unpaired) electrons. The van der Waals surface area contributed by atoms with Crippen molar-refractivity contribution in [2.24, 2.45) is 34.5 Å². The molecule has 0 spiro atoms. The summed E-state index contributed by atoms with van der Waals surface area (Å²) in [5, 5.41) is 0. The molecule has 33 heavy (non-hydrogen) atoms. The van der Waals surface area contributed by atoms with Gasteiger partial charge < -0.3 is 9.47 Å². The molecule has 1 aromatic carbocycles. The van der Waals surface area contributed by atoms with Crippen LogP contribution in [-0.2, 0) is 25.7 Å².